The summed E-state index contributed by atoms with van der Waals surface area (Å²) in [6, 6.07) is 9.96. The van der Waals surface area contributed by atoms with Crippen molar-refractivity contribution in [2.24, 2.45) is 5.73 Å². The summed E-state index contributed by atoms with van der Waals surface area (Å²) in [5.41, 5.74) is 7.48. The second-order valence-corrected chi connectivity index (χ2v) is 4.11. The number of aromatic nitrogens is 3. The maximum atomic E-state index is 5.61. The van der Waals surface area contributed by atoms with Gasteiger partial charge in [0.25, 0.3) is 0 Å². The van der Waals surface area contributed by atoms with Crippen molar-refractivity contribution in [1.29, 1.82) is 0 Å². The molecule has 2 N–H and O–H groups in total. The van der Waals surface area contributed by atoms with Crippen molar-refractivity contribution in [3.63, 3.8) is 0 Å². The summed E-state index contributed by atoms with van der Waals surface area (Å²) < 4.78 is 7.30. The second kappa shape index (κ2) is 4.27. The van der Waals surface area contributed by atoms with E-state index < -0.39 is 0 Å². The fraction of sp³-hybridized carbons (Fsp3) is 0.231. The Morgan fingerprint density at radius 3 is 2.83 bits per heavy atom. The van der Waals surface area contributed by atoms with E-state index >= 15 is 0 Å². The third kappa shape index (κ3) is 1.60. The third-order valence-corrected chi connectivity index (χ3v) is 3.01. The first-order valence-corrected chi connectivity index (χ1v) is 5.84. The van der Waals surface area contributed by atoms with Crippen LogP contribution in [0.25, 0.3) is 16.6 Å². The normalized spacial score (nSPS) is 11.2. The van der Waals surface area contributed by atoms with Gasteiger partial charge in [-0.3, -0.25) is 4.40 Å². The SMILES string of the molecule is COc1ccc2ccc3nnc(CCN)n3c2c1. The van der Waals surface area contributed by atoms with Crippen molar-refractivity contribution >= 4 is 16.6 Å². The Hall–Kier alpha value is -2.14. The van der Waals surface area contributed by atoms with E-state index in [4.69, 9.17) is 10.5 Å². The Bertz CT molecular complexity index is 705. The molecule has 2 heterocycles. The minimum Gasteiger partial charge on any atom is -0.497 e. The smallest absolute Gasteiger partial charge is 0.161 e. The zero-order valence-corrected chi connectivity index (χ0v) is 10.1. The lowest BCUT2D eigenvalue weighted by molar-refractivity contribution is 0.415. The fourth-order valence-electron chi connectivity index (χ4n) is 2.14. The molecule has 0 amide bonds. The molecule has 92 valence electrons. The van der Waals surface area contributed by atoms with E-state index in [0.717, 1.165) is 28.1 Å². The van der Waals surface area contributed by atoms with Gasteiger partial charge in [-0.25, -0.2) is 0 Å². The summed E-state index contributed by atoms with van der Waals surface area (Å²) in [5.74, 6) is 1.70. The van der Waals surface area contributed by atoms with Gasteiger partial charge in [0, 0.05) is 12.5 Å². The van der Waals surface area contributed by atoms with Crippen LogP contribution in [0.3, 0.4) is 0 Å². The molecule has 0 aliphatic heterocycles. The summed E-state index contributed by atoms with van der Waals surface area (Å²) in [5, 5.41) is 9.47. The van der Waals surface area contributed by atoms with Crippen LogP contribution in [0, 0.1) is 0 Å². The van der Waals surface area contributed by atoms with Gasteiger partial charge in [0.15, 0.2) is 5.65 Å². The molecule has 0 aliphatic rings. The van der Waals surface area contributed by atoms with E-state index in [1.165, 1.54) is 0 Å². The summed E-state index contributed by atoms with van der Waals surface area (Å²) in [6.07, 6.45) is 0.706. The molecule has 0 radical (unpaired) electrons. The molecule has 2 aromatic heterocycles. The lowest BCUT2D eigenvalue weighted by Crippen LogP contribution is -2.06. The van der Waals surface area contributed by atoms with Gasteiger partial charge in [-0.1, -0.05) is 0 Å². The summed E-state index contributed by atoms with van der Waals surface area (Å²) in [7, 11) is 1.66. The molecule has 3 rings (SSSR count). The molecule has 3 aromatic rings. The van der Waals surface area contributed by atoms with E-state index in [9.17, 15) is 0 Å². The number of methoxy groups -OCH3 is 1. The lowest BCUT2D eigenvalue weighted by atomic mass is 10.2. The zero-order chi connectivity index (χ0) is 12.5. The first-order chi connectivity index (χ1) is 8.83. The van der Waals surface area contributed by atoms with Crippen LogP contribution in [-0.4, -0.2) is 28.3 Å². The molecule has 0 saturated carbocycles. The number of nitrogens with two attached hydrogens (primary N) is 1. The highest BCUT2D eigenvalue weighted by atomic mass is 16.5. The first-order valence-electron chi connectivity index (χ1n) is 5.84. The Balaban J connectivity index is 2.37. The van der Waals surface area contributed by atoms with Crippen LogP contribution in [0.4, 0.5) is 0 Å². The zero-order valence-electron chi connectivity index (χ0n) is 10.1. The van der Waals surface area contributed by atoms with Crippen LogP contribution < -0.4 is 10.5 Å². The largest absolute Gasteiger partial charge is 0.497 e. The van der Waals surface area contributed by atoms with Crippen LogP contribution in [0.15, 0.2) is 30.3 Å². The molecule has 0 saturated heterocycles. The molecule has 0 bridgehead atoms. The van der Waals surface area contributed by atoms with Crippen molar-refractivity contribution in [1.82, 2.24) is 14.6 Å². The van der Waals surface area contributed by atoms with Crippen LogP contribution in [0.1, 0.15) is 5.82 Å². The monoisotopic (exact) mass is 242 g/mol. The van der Waals surface area contributed by atoms with E-state index in [0.29, 0.717) is 13.0 Å². The predicted octanol–water partition coefficient (Wildman–Crippen LogP) is 1.39. The highest BCUT2D eigenvalue weighted by Gasteiger charge is 2.08. The topological polar surface area (TPSA) is 65.4 Å². The predicted molar refractivity (Wildman–Crippen MR) is 69.8 cm³/mol. The Kier molecular flexibility index (Phi) is 2.60. The fourth-order valence-corrected chi connectivity index (χ4v) is 2.14. The molecule has 0 unspecified atom stereocenters. The third-order valence-electron chi connectivity index (χ3n) is 3.01. The molecular weight excluding hydrogens is 228 g/mol. The number of rotatable bonds is 3. The number of ether oxygens (including phenoxy) is 1. The Labute approximate surface area is 104 Å². The second-order valence-electron chi connectivity index (χ2n) is 4.11. The van der Waals surface area contributed by atoms with Crippen LogP contribution in [0.2, 0.25) is 0 Å². The van der Waals surface area contributed by atoms with Gasteiger partial charge in [-0.2, -0.15) is 0 Å². The van der Waals surface area contributed by atoms with Crippen LogP contribution >= 0.6 is 0 Å². The molecule has 1 aromatic carbocycles. The van der Waals surface area contributed by atoms with Gasteiger partial charge in [0.1, 0.15) is 11.6 Å². The standard InChI is InChI=1S/C13H14N4O/c1-18-10-4-2-9-3-5-12-15-16-13(6-7-14)17(12)11(9)8-10/h2-5,8H,6-7,14H2,1H3. The van der Waals surface area contributed by atoms with E-state index in [-0.39, 0.29) is 0 Å². The first kappa shape index (κ1) is 11.0. The van der Waals surface area contributed by atoms with Gasteiger partial charge in [-0.05, 0) is 36.2 Å². The maximum Gasteiger partial charge on any atom is 0.161 e. The summed E-state index contributed by atoms with van der Waals surface area (Å²) >= 11 is 0. The quantitative estimate of drug-likeness (QED) is 0.753. The van der Waals surface area contributed by atoms with Crippen molar-refractivity contribution in [3.8, 4) is 5.75 Å². The summed E-state index contributed by atoms with van der Waals surface area (Å²) in [6.45, 7) is 0.557. The highest BCUT2D eigenvalue weighted by molar-refractivity contribution is 5.83. The molecule has 18 heavy (non-hydrogen) atoms. The van der Waals surface area contributed by atoms with Gasteiger partial charge >= 0.3 is 0 Å². The number of nitrogens with zero attached hydrogens (tertiary/aromatic N) is 3. The summed E-state index contributed by atoms with van der Waals surface area (Å²) in [4.78, 5) is 0. The van der Waals surface area contributed by atoms with Gasteiger partial charge in [0.2, 0.25) is 0 Å². The lowest BCUT2D eigenvalue weighted by Gasteiger charge is -2.06. The van der Waals surface area contributed by atoms with Crippen molar-refractivity contribution in [3.05, 3.63) is 36.2 Å². The van der Waals surface area contributed by atoms with Gasteiger partial charge < -0.3 is 10.5 Å². The molecular formula is C13H14N4O. The number of benzene rings is 1. The van der Waals surface area contributed by atoms with Crippen molar-refractivity contribution in [2.75, 3.05) is 13.7 Å². The van der Waals surface area contributed by atoms with E-state index in [1.54, 1.807) is 7.11 Å². The number of hydrogen-bond donors (Lipinski definition) is 1. The van der Waals surface area contributed by atoms with Gasteiger partial charge in [-0.15, -0.1) is 10.2 Å². The molecule has 0 fully saturated rings. The van der Waals surface area contributed by atoms with E-state index in [2.05, 4.69) is 10.2 Å². The van der Waals surface area contributed by atoms with Crippen molar-refractivity contribution < 1.29 is 4.74 Å². The highest BCUT2D eigenvalue weighted by Crippen LogP contribution is 2.22. The number of fused-ring (bicyclic) bond motifs is 3. The molecule has 5 nitrogen and oxygen atoms in total. The molecule has 0 atom stereocenters. The molecule has 0 aliphatic carbocycles. The Morgan fingerprint density at radius 1 is 1.22 bits per heavy atom. The minimum atomic E-state index is 0.557. The average Bonchev–Trinajstić information content (AvgIpc) is 2.82. The molecule has 5 heteroatoms. The number of pyridine rings is 1. The van der Waals surface area contributed by atoms with Crippen molar-refractivity contribution in [2.45, 2.75) is 6.42 Å². The van der Waals surface area contributed by atoms with Crippen LogP contribution in [0.5, 0.6) is 5.75 Å². The van der Waals surface area contributed by atoms with Gasteiger partial charge in [0.05, 0.1) is 12.6 Å². The average molecular weight is 242 g/mol. The van der Waals surface area contributed by atoms with E-state index in [1.807, 2.05) is 34.7 Å². The minimum absolute atomic E-state index is 0.557. The molecule has 0 spiro atoms. The maximum absolute atomic E-state index is 5.61. The number of hydrogen-bond acceptors (Lipinski definition) is 4. The van der Waals surface area contributed by atoms with Crippen LogP contribution in [-0.2, 0) is 6.42 Å². The Morgan fingerprint density at radius 2 is 2.06 bits per heavy atom.